The quantitative estimate of drug-likeness (QED) is 0.914. The highest BCUT2D eigenvalue weighted by molar-refractivity contribution is 6.08. The van der Waals surface area contributed by atoms with E-state index in [9.17, 15) is 4.79 Å². The molecular weight excluding hydrogens is 262 g/mol. The van der Waals surface area contributed by atoms with Crippen LogP contribution in [0.3, 0.4) is 0 Å². The van der Waals surface area contributed by atoms with Crippen molar-refractivity contribution in [1.29, 1.82) is 0 Å². The summed E-state index contributed by atoms with van der Waals surface area (Å²) in [5, 5.41) is 0. The van der Waals surface area contributed by atoms with Gasteiger partial charge in [-0.3, -0.25) is 9.69 Å². The second-order valence-electron chi connectivity index (χ2n) is 5.28. The first-order valence-electron chi connectivity index (χ1n) is 6.82. The minimum absolute atomic E-state index is 0.130. The normalized spacial score (nSPS) is 21.5. The number of rotatable bonds is 2. The van der Waals surface area contributed by atoms with E-state index in [4.69, 9.17) is 5.73 Å². The molecule has 0 unspecified atom stereocenters. The number of nitrogens with two attached hydrogens (primary N) is 1. The third kappa shape index (κ3) is 1.91. The summed E-state index contributed by atoms with van der Waals surface area (Å²) in [6.45, 7) is 2.01. The van der Waals surface area contributed by atoms with Gasteiger partial charge in [-0.2, -0.15) is 0 Å². The SMILES string of the molecule is Cc1ccc([C@@]2(c3ccccc3)N=C(N)N(C)C2=O)cc1. The number of hydrogen-bond acceptors (Lipinski definition) is 3. The van der Waals surface area contributed by atoms with E-state index in [0.717, 1.165) is 16.7 Å². The van der Waals surface area contributed by atoms with Crippen LogP contribution in [0.2, 0.25) is 0 Å². The predicted molar refractivity (Wildman–Crippen MR) is 82.8 cm³/mol. The average molecular weight is 279 g/mol. The number of carbonyl (C=O) groups excluding carboxylic acids is 1. The molecule has 0 fully saturated rings. The van der Waals surface area contributed by atoms with Crippen molar-refractivity contribution >= 4 is 11.9 Å². The lowest BCUT2D eigenvalue weighted by Crippen LogP contribution is -2.41. The predicted octanol–water partition coefficient (Wildman–Crippen LogP) is 2.03. The summed E-state index contributed by atoms with van der Waals surface area (Å²) in [5.41, 5.74) is 7.62. The van der Waals surface area contributed by atoms with Crippen molar-refractivity contribution in [2.45, 2.75) is 12.5 Å². The van der Waals surface area contributed by atoms with E-state index in [-0.39, 0.29) is 11.9 Å². The number of nitrogens with zero attached hydrogens (tertiary/aromatic N) is 2. The first kappa shape index (κ1) is 13.4. The molecule has 3 rings (SSSR count). The van der Waals surface area contributed by atoms with Crippen LogP contribution in [-0.4, -0.2) is 23.8 Å². The molecular formula is C17H17N3O. The second kappa shape index (κ2) is 4.74. The lowest BCUT2D eigenvalue weighted by Gasteiger charge is -2.26. The molecule has 1 aliphatic heterocycles. The van der Waals surface area contributed by atoms with E-state index in [1.807, 2.05) is 61.5 Å². The van der Waals surface area contributed by atoms with Crippen molar-refractivity contribution in [2.24, 2.45) is 10.7 Å². The number of likely N-dealkylation sites (N-methyl/N-ethyl adjacent to an activating group) is 1. The van der Waals surface area contributed by atoms with Gasteiger partial charge in [0, 0.05) is 7.05 Å². The Morgan fingerprint density at radius 3 is 2.10 bits per heavy atom. The number of aliphatic imine (C=N–C) groups is 1. The summed E-state index contributed by atoms with van der Waals surface area (Å²) < 4.78 is 0. The summed E-state index contributed by atoms with van der Waals surface area (Å²) in [7, 11) is 1.65. The van der Waals surface area contributed by atoms with Crippen LogP contribution in [0.5, 0.6) is 0 Å². The maximum atomic E-state index is 12.9. The van der Waals surface area contributed by atoms with Crippen LogP contribution in [0.15, 0.2) is 59.6 Å². The molecule has 1 heterocycles. The van der Waals surface area contributed by atoms with Crippen molar-refractivity contribution in [1.82, 2.24) is 4.90 Å². The molecule has 0 saturated carbocycles. The molecule has 1 atom stereocenters. The fourth-order valence-corrected chi connectivity index (χ4v) is 2.66. The van der Waals surface area contributed by atoms with Crippen LogP contribution in [-0.2, 0) is 10.3 Å². The molecule has 1 aliphatic rings. The number of guanidine groups is 1. The van der Waals surface area contributed by atoms with Crippen molar-refractivity contribution in [3.05, 3.63) is 71.3 Å². The molecule has 0 radical (unpaired) electrons. The Labute approximate surface area is 123 Å². The summed E-state index contributed by atoms with van der Waals surface area (Å²) in [4.78, 5) is 18.8. The zero-order valence-electron chi connectivity index (χ0n) is 12.1. The molecule has 21 heavy (non-hydrogen) atoms. The Kier molecular flexibility index (Phi) is 3.01. The largest absolute Gasteiger partial charge is 0.369 e. The van der Waals surface area contributed by atoms with Crippen molar-refractivity contribution < 1.29 is 4.79 Å². The fraction of sp³-hybridized carbons (Fsp3) is 0.176. The molecule has 0 saturated heterocycles. The Morgan fingerprint density at radius 1 is 1.00 bits per heavy atom. The van der Waals surface area contributed by atoms with Crippen molar-refractivity contribution in [3.8, 4) is 0 Å². The Balaban J connectivity index is 2.27. The molecule has 2 N–H and O–H groups in total. The van der Waals surface area contributed by atoms with Gasteiger partial charge in [0.05, 0.1) is 0 Å². The maximum Gasteiger partial charge on any atom is 0.266 e. The van der Waals surface area contributed by atoms with Crippen LogP contribution < -0.4 is 5.73 Å². The van der Waals surface area contributed by atoms with E-state index in [0.29, 0.717) is 0 Å². The second-order valence-corrected chi connectivity index (χ2v) is 5.28. The highest BCUT2D eigenvalue weighted by Crippen LogP contribution is 2.39. The zero-order valence-corrected chi connectivity index (χ0v) is 12.1. The minimum atomic E-state index is -1.08. The average Bonchev–Trinajstić information content (AvgIpc) is 2.74. The van der Waals surface area contributed by atoms with Crippen LogP contribution in [0, 0.1) is 6.92 Å². The molecule has 2 aromatic rings. The van der Waals surface area contributed by atoms with E-state index in [2.05, 4.69) is 4.99 Å². The van der Waals surface area contributed by atoms with E-state index in [1.54, 1.807) is 7.05 Å². The maximum absolute atomic E-state index is 12.9. The molecule has 0 aromatic heterocycles. The molecule has 0 spiro atoms. The Morgan fingerprint density at radius 2 is 1.57 bits per heavy atom. The van der Waals surface area contributed by atoms with Crippen LogP contribution in [0.1, 0.15) is 16.7 Å². The third-order valence-corrected chi connectivity index (χ3v) is 3.90. The first-order valence-corrected chi connectivity index (χ1v) is 6.82. The number of benzene rings is 2. The summed E-state index contributed by atoms with van der Waals surface area (Å²) in [6, 6.07) is 17.4. The fourth-order valence-electron chi connectivity index (χ4n) is 2.66. The topological polar surface area (TPSA) is 58.7 Å². The van der Waals surface area contributed by atoms with Gasteiger partial charge in [0.2, 0.25) is 0 Å². The van der Waals surface area contributed by atoms with Gasteiger partial charge in [-0.05, 0) is 18.1 Å². The molecule has 1 amide bonds. The van der Waals surface area contributed by atoms with Gasteiger partial charge in [0.25, 0.3) is 5.91 Å². The molecule has 2 aromatic carbocycles. The number of carbonyl (C=O) groups is 1. The van der Waals surface area contributed by atoms with Crippen LogP contribution in [0.4, 0.5) is 0 Å². The van der Waals surface area contributed by atoms with Gasteiger partial charge < -0.3 is 5.73 Å². The lowest BCUT2D eigenvalue weighted by atomic mass is 9.82. The lowest BCUT2D eigenvalue weighted by molar-refractivity contribution is -0.129. The van der Waals surface area contributed by atoms with Crippen LogP contribution >= 0.6 is 0 Å². The highest BCUT2D eigenvalue weighted by atomic mass is 16.2. The number of amides is 1. The molecule has 4 nitrogen and oxygen atoms in total. The summed E-state index contributed by atoms with van der Waals surface area (Å²) in [5.74, 6) is 0.111. The third-order valence-electron chi connectivity index (χ3n) is 3.90. The van der Waals surface area contributed by atoms with Gasteiger partial charge >= 0.3 is 0 Å². The summed E-state index contributed by atoms with van der Waals surface area (Å²) >= 11 is 0. The molecule has 4 heteroatoms. The van der Waals surface area contributed by atoms with Crippen molar-refractivity contribution in [3.63, 3.8) is 0 Å². The van der Waals surface area contributed by atoms with Gasteiger partial charge in [0.15, 0.2) is 11.5 Å². The van der Waals surface area contributed by atoms with Gasteiger partial charge in [0.1, 0.15) is 0 Å². The van der Waals surface area contributed by atoms with Crippen LogP contribution in [0.25, 0.3) is 0 Å². The smallest absolute Gasteiger partial charge is 0.266 e. The summed E-state index contributed by atoms with van der Waals surface area (Å²) in [6.07, 6.45) is 0. The van der Waals surface area contributed by atoms with Gasteiger partial charge in [-0.15, -0.1) is 0 Å². The van der Waals surface area contributed by atoms with Gasteiger partial charge in [-0.25, -0.2) is 4.99 Å². The molecule has 106 valence electrons. The van der Waals surface area contributed by atoms with Crippen molar-refractivity contribution in [2.75, 3.05) is 7.05 Å². The highest BCUT2D eigenvalue weighted by Gasteiger charge is 2.49. The van der Waals surface area contributed by atoms with E-state index >= 15 is 0 Å². The minimum Gasteiger partial charge on any atom is -0.369 e. The first-order chi connectivity index (χ1) is 10.1. The van der Waals surface area contributed by atoms with E-state index < -0.39 is 5.54 Å². The van der Waals surface area contributed by atoms with Gasteiger partial charge in [-0.1, -0.05) is 60.2 Å². The van der Waals surface area contributed by atoms with E-state index in [1.165, 1.54) is 4.90 Å². The monoisotopic (exact) mass is 279 g/mol. The number of aryl methyl sites for hydroxylation is 1. The molecule has 0 bridgehead atoms. The molecule has 0 aliphatic carbocycles. The standard InChI is InChI=1S/C17H17N3O/c1-12-8-10-14(11-9-12)17(13-6-4-3-5-7-13)15(21)20(2)16(18)19-17/h3-11H,1-2H3,(H2,18,19)/t17-/m1/s1. The Hall–Kier alpha value is -2.62. The zero-order chi connectivity index (χ0) is 15.0. The Bertz CT molecular complexity index is 707. The number of hydrogen-bond donors (Lipinski definition) is 1.